The van der Waals surface area contributed by atoms with E-state index in [1.807, 2.05) is 20.8 Å². The summed E-state index contributed by atoms with van der Waals surface area (Å²) in [6.07, 6.45) is -2.54. The summed E-state index contributed by atoms with van der Waals surface area (Å²) < 4.78 is 59.5. The summed E-state index contributed by atoms with van der Waals surface area (Å²) in [5.74, 6) is -0.830. The molecule has 1 aromatic carbocycles. The van der Waals surface area contributed by atoms with Crippen LogP contribution in [0.2, 0.25) is 0 Å². The Hall–Kier alpha value is -1.56. The minimum Gasteiger partial charge on any atom is -0.456 e. The maximum absolute atomic E-state index is 13.4. The third kappa shape index (κ3) is 11.1. The summed E-state index contributed by atoms with van der Waals surface area (Å²) in [5.41, 5.74) is 5.66. The highest BCUT2D eigenvalue weighted by molar-refractivity contribution is 8.77. The molecule has 0 radical (unpaired) electrons. The van der Waals surface area contributed by atoms with Crippen molar-refractivity contribution in [2.45, 2.75) is 56.1 Å². The number of carbonyl (C=O) groups is 1. The van der Waals surface area contributed by atoms with Gasteiger partial charge in [-0.3, -0.25) is 9.09 Å². The van der Waals surface area contributed by atoms with E-state index in [1.165, 1.54) is 12.3 Å². The van der Waals surface area contributed by atoms with Crippen LogP contribution in [0, 0.1) is 0 Å². The molecule has 0 saturated carbocycles. The zero-order valence-corrected chi connectivity index (χ0v) is 27.1. The maximum Gasteiger partial charge on any atom is 0.490 e. The molecule has 1 aliphatic heterocycles. The molecule has 1 fully saturated rings. The van der Waals surface area contributed by atoms with Gasteiger partial charge in [0.1, 0.15) is 24.3 Å². The van der Waals surface area contributed by atoms with Crippen LogP contribution in [0.4, 0.5) is 5.82 Å². The van der Waals surface area contributed by atoms with E-state index in [0.29, 0.717) is 10.8 Å². The van der Waals surface area contributed by atoms with Gasteiger partial charge in [-0.15, -0.1) is 0 Å². The van der Waals surface area contributed by atoms with E-state index in [4.69, 9.17) is 29.5 Å². The maximum atomic E-state index is 13.4. The van der Waals surface area contributed by atoms with Crippen molar-refractivity contribution in [2.24, 2.45) is 0 Å². The molecule has 1 saturated heterocycles. The number of nitrogen functional groups attached to an aromatic ring is 1. The summed E-state index contributed by atoms with van der Waals surface area (Å²) in [4.78, 5) is 66.1. The third-order valence-electron chi connectivity index (χ3n) is 5.43. The fourth-order valence-corrected chi connectivity index (χ4v) is 8.95. The first kappa shape index (κ1) is 35.9. The van der Waals surface area contributed by atoms with Gasteiger partial charge in [0, 0.05) is 23.1 Å². The van der Waals surface area contributed by atoms with Crippen LogP contribution in [-0.2, 0) is 36.3 Å². The molecule has 6 N–H and O–H groups in total. The van der Waals surface area contributed by atoms with Gasteiger partial charge in [-0.05, 0) is 24.6 Å². The van der Waals surface area contributed by atoms with Crippen LogP contribution in [0.1, 0.15) is 54.6 Å². The molecule has 43 heavy (non-hydrogen) atoms. The summed E-state index contributed by atoms with van der Waals surface area (Å²) in [5, 5.41) is 0.227. The zero-order chi connectivity index (χ0) is 32.2. The largest absolute Gasteiger partial charge is 0.490 e. The topological polar surface area (TPSA) is 256 Å². The summed E-state index contributed by atoms with van der Waals surface area (Å²) in [6.45, 7) is 5.08. The number of aromatic nitrogens is 2. The Morgan fingerprint density at radius 3 is 2.40 bits per heavy atom. The molecule has 3 rings (SSSR count). The number of esters is 1. The summed E-state index contributed by atoms with van der Waals surface area (Å²) in [7, 11) is -13.7. The molecule has 0 bridgehead atoms. The van der Waals surface area contributed by atoms with Gasteiger partial charge in [-0.25, -0.2) is 23.3 Å². The first-order valence-corrected chi connectivity index (χ1v) is 19.1. The van der Waals surface area contributed by atoms with Crippen LogP contribution in [0.25, 0.3) is 0 Å². The first-order chi connectivity index (χ1) is 19.9. The number of hydrogen-bond donors (Lipinski definition) is 5. The Bertz CT molecular complexity index is 1500. The second kappa shape index (κ2) is 14.7. The molecule has 240 valence electrons. The number of nitrogens with two attached hydrogens (primary N) is 1. The molecule has 6 atom stereocenters. The van der Waals surface area contributed by atoms with Crippen molar-refractivity contribution >= 4 is 56.8 Å². The van der Waals surface area contributed by atoms with E-state index in [9.17, 15) is 33.1 Å². The first-order valence-electron chi connectivity index (χ1n) is 12.3. The number of carbonyl (C=O) groups excluding carboxylic acids is 1. The van der Waals surface area contributed by atoms with Crippen molar-refractivity contribution in [3.05, 3.63) is 58.1 Å². The molecule has 1 aliphatic rings. The Morgan fingerprint density at radius 1 is 1.09 bits per heavy atom. The van der Waals surface area contributed by atoms with Crippen molar-refractivity contribution in [3.63, 3.8) is 0 Å². The molecule has 1 aromatic heterocycles. The van der Waals surface area contributed by atoms with Gasteiger partial charge in [0.2, 0.25) is 0 Å². The monoisotopic (exact) mass is 705 g/mol. The third-order valence-corrected chi connectivity index (χ3v) is 12.6. The minimum absolute atomic E-state index is 0.0642. The molecule has 2 heterocycles. The van der Waals surface area contributed by atoms with Gasteiger partial charge in [0.05, 0.1) is 12.2 Å². The fourth-order valence-electron chi connectivity index (χ4n) is 3.75. The van der Waals surface area contributed by atoms with Gasteiger partial charge in [0.15, 0.2) is 0 Å². The smallest absolute Gasteiger partial charge is 0.456 e. The van der Waals surface area contributed by atoms with Crippen LogP contribution in [0.15, 0.2) is 41.3 Å². The van der Waals surface area contributed by atoms with E-state index < -0.39 is 60.2 Å². The lowest BCUT2D eigenvalue weighted by atomic mass is 10.0. The van der Waals surface area contributed by atoms with Crippen LogP contribution >= 0.6 is 45.1 Å². The van der Waals surface area contributed by atoms with E-state index in [-0.39, 0.29) is 23.1 Å². The molecule has 22 heteroatoms. The highest BCUT2D eigenvalue weighted by Gasteiger charge is 2.44. The van der Waals surface area contributed by atoms with E-state index >= 15 is 0 Å². The number of phosphoric ester groups is 1. The van der Waals surface area contributed by atoms with Crippen molar-refractivity contribution in [1.82, 2.24) is 9.55 Å². The van der Waals surface area contributed by atoms with Crippen LogP contribution in [-0.4, -0.2) is 59.2 Å². The highest BCUT2D eigenvalue weighted by Crippen LogP contribution is 2.66. The van der Waals surface area contributed by atoms with Gasteiger partial charge >= 0.3 is 35.1 Å². The molecular weight excluding hydrogens is 675 g/mol. The van der Waals surface area contributed by atoms with Gasteiger partial charge < -0.3 is 34.8 Å². The van der Waals surface area contributed by atoms with E-state index in [0.717, 1.165) is 4.57 Å². The predicted octanol–water partition coefficient (Wildman–Crippen LogP) is 3.53. The minimum atomic E-state index is -5.77. The Kier molecular flexibility index (Phi) is 12.3. The molecule has 0 aliphatic carbocycles. The lowest BCUT2D eigenvalue weighted by Gasteiger charge is -2.22. The molecule has 17 nitrogen and oxygen atoms in total. The zero-order valence-electron chi connectivity index (χ0n) is 22.8. The quantitative estimate of drug-likeness (QED) is 0.107. The van der Waals surface area contributed by atoms with Crippen molar-refractivity contribution in [1.29, 1.82) is 0 Å². The molecular formula is C21H30N3O14P3S2. The Balaban J connectivity index is 1.82. The Morgan fingerprint density at radius 2 is 1.77 bits per heavy atom. The summed E-state index contributed by atoms with van der Waals surface area (Å²) in [6, 6.07) is 8.07. The molecule has 4 unspecified atom stereocenters. The van der Waals surface area contributed by atoms with E-state index in [2.05, 4.69) is 13.6 Å². The Labute approximate surface area is 253 Å². The number of phosphoric acid groups is 3. The number of anilines is 1. The molecule has 2 aromatic rings. The van der Waals surface area contributed by atoms with Crippen molar-refractivity contribution in [3.8, 4) is 0 Å². The van der Waals surface area contributed by atoms with Crippen LogP contribution < -0.4 is 11.4 Å². The predicted molar refractivity (Wildman–Crippen MR) is 156 cm³/mol. The number of rotatable bonds is 14. The van der Waals surface area contributed by atoms with Gasteiger partial charge in [-0.2, -0.15) is 13.6 Å². The lowest BCUT2D eigenvalue weighted by Crippen LogP contribution is -2.31. The number of benzene rings is 1. The normalized spacial score (nSPS) is 22.6. The van der Waals surface area contributed by atoms with Crippen LogP contribution in [0.5, 0.6) is 0 Å². The van der Waals surface area contributed by atoms with Crippen molar-refractivity contribution < 1.29 is 60.7 Å². The molecule has 0 spiro atoms. The second-order valence-corrected chi connectivity index (χ2v) is 16.8. The van der Waals surface area contributed by atoms with Crippen molar-refractivity contribution in [2.75, 3.05) is 12.3 Å². The lowest BCUT2D eigenvalue weighted by molar-refractivity contribution is -0.0511. The summed E-state index contributed by atoms with van der Waals surface area (Å²) >= 11 is 0. The average molecular weight is 706 g/mol. The molecule has 0 amide bonds. The number of nitrogens with zero attached hydrogens (tertiary/aromatic N) is 2. The second-order valence-electron chi connectivity index (χ2n) is 9.21. The van der Waals surface area contributed by atoms with Gasteiger partial charge in [-0.1, -0.05) is 53.6 Å². The standard InChI is InChI=1S/C21H30N3O14P3S2/c1-12(2)42-43-13(3)14-6-4-5-7-15(14)20(25)36-16-10-19(24-9-8-18(22)23-21(24)26)35-17(16)11-34-40(30,31)38-41(32,33)37-39(27,28)29/h4-9,12-13,16-17,19H,10-11H2,1-3H3,(H,30,31)(H,32,33)(H2,22,23,26)(H2,27,28,29)/t13?,16-,17?,19-/m1/s1. The SMILES string of the molecule is CC(C)SSC(C)c1ccccc1C(=O)O[C@@H]1C[C@H](n2ccc(N)nc2=O)OC1COP(=O)(O)OP(=O)(O)OP(=O)(O)O. The number of hydrogen-bond acceptors (Lipinski definition) is 14. The number of ether oxygens (including phenoxy) is 2. The van der Waals surface area contributed by atoms with E-state index in [1.54, 1.807) is 45.9 Å². The average Bonchev–Trinajstić information content (AvgIpc) is 3.26. The van der Waals surface area contributed by atoms with Gasteiger partial charge in [0.25, 0.3) is 0 Å². The highest BCUT2D eigenvalue weighted by atomic mass is 33.1. The van der Waals surface area contributed by atoms with Crippen LogP contribution in [0.3, 0.4) is 0 Å². The fraction of sp³-hybridized carbons (Fsp3) is 0.476.